The molecule has 8 heteroatoms. The van der Waals surface area contributed by atoms with Crippen molar-refractivity contribution in [2.24, 2.45) is 0 Å². The lowest BCUT2D eigenvalue weighted by Crippen LogP contribution is -2.17. The van der Waals surface area contributed by atoms with E-state index in [2.05, 4.69) is 32.7 Å². The van der Waals surface area contributed by atoms with Gasteiger partial charge >= 0.3 is 5.69 Å². The molecule has 0 spiro atoms. The van der Waals surface area contributed by atoms with Gasteiger partial charge in [0, 0.05) is 0 Å². The minimum Gasteiger partial charge on any atom is -0.496 e. The van der Waals surface area contributed by atoms with Gasteiger partial charge in [-0.3, -0.25) is 4.98 Å². The maximum Gasteiger partial charge on any atom is 0.348 e. The molecule has 0 aliphatic heterocycles. The number of nitrogens with zero attached hydrogens (tertiary/aromatic N) is 2. The summed E-state index contributed by atoms with van der Waals surface area (Å²) in [4.78, 5) is 14.8. The maximum absolute atomic E-state index is 14.0. The molecule has 0 saturated heterocycles. The first-order valence-corrected chi connectivity index (χ1v) is 7.95. The lowest BCUT2D eigenvalue weighted by Gasteiger charge is -2.07. The zero-order valence-corrected chi connectivity index (χ0v) is 14.7. The van der Waals surface area contributed by atoms with Crippen LogP contribution in [0.25, 0.3) is 17.1 Å². The van der Waals surface area contributed by atoms with Crippen LogP contribution in [-0.2, 0) is 0 Å². The summed E-state index contributed by atoms with van der Waals surface area (Å²) in [5, 5.41) is 4.34. The van der Waals surface area contributed by atoms with Gasteiger partial charge in [-0.2, -0.15) is 4.68 Å². The van der Waals surface area contributed by atoms with Crippen LogP contribution in [0.5, 0.6) is 5.75 Å². The zero-order valence-electron chi connectivity index (χ0n) is 11.8. The van der Waals surface area contributed by atoms with E-state index in [0.717, 1.165) is 4.68 Å². The van der Waals surface area contributed by atoms with Crippen molar-refractivity contribution in [1.82, 2.24) is 14.8 Å². The molecule has 2 aromatic carbocycles. The van der Waals surface area contributed by atoms with Crippen LogP contribution in [0, 0.1) is 9.39 Å². The van der Waals surface area contributed by atoms with E-state index in [1.54, 1.807) is 25.3 Å². The number of nitrogens with one attached hydrogen (secondary N) is 1. The Kier molecular flexibility index (Phi) is 4.40. The molecule has 1 aromatic heterocycles. The number of benzene rings is 2. The van der Waals surface area contributed by atoms with Gasteiger partial charge in [0.1, 0.15) is 11.6 Å². The van der Waals surface area contributed by atoms with Crippen LogP contribution in [0.2, 0.25) is 5.02 Å². The third-order valence-electron chi connectivity index (χ3n) is 3.21. The molecule has 0 aliphatic rings. The zero-order chi connectivity index (χ0) is 16.6. The summed E-state index contributed by atoms with van der Waals surface area (Å²) in [7, 11) is 1.54. The summed E-state index contributed by atoms with van der Waals surface area (Å²) in [6.07, 6.45) is 0. The Morgan fingerprint density at radius 2 is 2.04 bits per heavy atom. The number of hydrogen-bond acceptors (Lipinski definition) is 3. The van der Waals surface area contributed by atoms with E-state index in [1.807, 2.05) is 0 Å². The minimum absolute atomic E-state index is 0.0583. The molecule has 0 atom stereocenters. The van der Waals surface area contributed by atoms with Crippen LogP contribution in [-0.4, -0.2) is 21.9 Å². The topological polar surface area (TPSA) is 59.9 Å². The van der Waals surface area contributed by atoms with Gasteiger partial charge in [-0.25, -0.2) is 9.18 Å². The highest BCUT2D eigenvalue weighted by atomic mass is 127. The fourth-order valence-corrected chi connectivity index (χ4v) is 3.21. The second-order valence-electron chi connectivity index (χ2n) is 4.58. The van der Waals surface area contributed by atoms with Gasteiger partial charge in [-0.15, -0.1) is 5.10 Å². The molecule has 0 amide bonds. The first kappa shape index (κ1) is 16.0. The molecular formula is C15H10ClFIN3O2. The summed E-state index contributed by atoms with van der Waals surface area (Å²) < 4.78 is 21.1. The molecule has 0 radical (unpaired) electrons. The second-order valence-corrected chi connectivity index (χ2v) is 6.07. The van der Waals surface area contributed by atoms with Crippen LogP contribution in [0.15, 0.2) is 41.2 Å². The van der Waals surface area contributed by atoms with Gasteiger partial charge in [-0.1, -0.05) is 23.7 Å². The Bertz CT molecular complexity index is 918. The van der Waals surface area contributed by atoms with E-state index in [0.29, 0.717) is 15.0 Å². The van der Waals surface area contributed by atoms with Crippen LogP contribution in [0.3, 0.4) is 0 Å². The smallest absolute Gasteiger partial charge is 0.348 e. The van der Waals surface area contributed by atoms with E-state index in [1.165, 1.54) is 18.2 Å². The quantitative estimate of drug-likeness (QED) is 0.627. The molecule has 23 heavy (non-hydrogen) atoms. The average Bonchev–Trinajstić information content (AvgIpc) is 2.89. The van der Waals surface area contributed by atoms with Crippen LogP contribution >= 0.6 is 34.2 Å². The molecular weight excluding hydrogens is 436 g/mol. The summed E-state index contributed by atoms with van der Waals surface area (Å²) in [5.41, 5.74) is 0.0957. The van der Waals surface area contributed by atoms with E-state index in [4.69, 9.17) is 16.3 Å². The van der Waals surface area contributed by atoms with E-state index < -0.39 is 11.5 Å². The van der Waals surface area contributed by atoms with Gasteiger partial charge in [-0.05, 0) is 46.9 Å². The van der Waals surface area contributed by atoms with E-state index >= 15 is 0 Å². The normalized spacial score (nSPS) is 10.8. The lowest BCUT2D eigenvalue weighted by molar-refractivity contribution is 0.411. The third kappa shape index (κ3) is 2.86. The molecule has 3 aromatic rings. The van der Waals surface area contributed by atoms with Crippen molar-refractivity contribution in [2.75, 3.05) is 7.11 Å². The molecule has 1 N–H and O–H groups in total. The number of aromatic nitrogens is 3. The standard InChI is InChI=1S/C15H10ClFIN3O2/c1-23-11-7-3-6-10(13(11)18)21-15(22)19-14(20-21)12-8(16)4-2-5-9(12)17/h2-7H,1H3,(H,19,20,22). The highest BCUT2D eigenvalue weighted by molar-refractivity contribution is 14.1. The van der Waals surface area contributed by atoms with Crippen molar-refractivity contribution in [3.8, 4) is 22.8 Å². The maximum atomic E-state index is 14.0. The number of methoxy groups -OCH3 is 1. The predicted octanol–water partition coefficient (Wildman–Crippen LogP) is 3.63. The molecule has 3 rings (SSSR count). The summed E-state index contributed by atoms with van der Waals surface area (Å²) in [6.45, 7) is 0. The molecule has 1 heterocycles. The van der Waals surface area contributed by atoms with Crippen molar-refractivity contribution < 1.29 is 9.13 Å². The molecule has 0 aliphatic carbocycles. The predicted molar refractivity (Wildman–Crippen MR) is 93.9 cm³/mol. The third-order valence-corrected chi connectivity index (χ3v) is 4.61. The Hall–Kier alpha value is -1.87. The Labute approximate surface area is 149 Å². The fourth-order valence-electron chi connectivity index (χ4n) is 2.14. The number of halogens is 3. The van der Waals surface area contributed by atoms with Crippen LogP contribution in [0.4, 0.5) is 4.39 Å². The van der Waals surface area contributed by atoms with Crippen molar-refractivity contribution in [3.05, 3.63) is 61.3 Å². The highest BCUT2D eigenvalue weighted by Crippen LogP contribution is 2.29. The summed E-state index contributed by atoms with van der Waals surface area (Å²) >= 11 is 8.08. The monoisotopic (exact) mass is 445 g/mol. The lowest BCUT2D eigenvalue weighted by atomic mass is 10.2. The van der Waals surface area contributed by atoms with Crippen LogP contribution < -0.4 is 10.4 Å². The second kappa shape index (κ2) is 6.32. The largest absolute Gasteiger partial charge is 0.496 e. The number of aromatic amines is 1. The minimum atomic E-state index is -0.557. The Balaban J connectivity index is 2.19. The molecule has 0 unspecified atom stereocenters. The first-order valence-electron chi connectivity index (χ1n) is 6.49. The van der Waals surface area contributed by atoms with Gasteiger partial charge in [0.2, 0.25) is 0 Å². The van der Waals surface area contributed by atoms with Crippen molar-refractivity contribution in [2.45, 2.75) is 0 Å². The number of ether oxygens (including phenoxy) is 1. The number of rotatable bonds is 3. The fraction of sp³-hybridized carbons (Fsp3) is 0.0667. The van der Waals surface area contributed by atoms with E-state index in [9.17, 15) is 9.18 Å². The van der Waals surface area contributed by atoms with Crippen molar-refractivity contribution in [3.63, 3.8) is 0 Å². The van der Waals surface area contributed by atoms with Gasteiger partial charge in [0.05, 0.1) is 27.0 Å². The Morgan fingerprint density at radius 1 is 1.30 bits per heavy atom. The van der Waals surface area contributed by atoms with E-state index in [-0.39, 0.29) is 16.4 Å². The number of H-pyrrole nitrogens is 1. The average molecular weight is 446 g/mol. The molecule has 0 fully saturated rings. The van der Waals surface area contributed by atoms with Gasteiger partial charge in [0.15, 0.2) is 5.82 Å². The molecule has 5 nitrogen and oxygen atoms in total. The SMILES string of the molecule is COc1cccc(-n2nc(-c3c(F)cccc3Cl)[nH]c2=O)c1I. The molecule has 0 saturated carbocycles. The van der Waals surface area contributed by atoms with Crippen LogP contribution in [0.1, 0.15) is 0 Å². The van der Waals surface area contributed by atoms with Crippen molar-refractivity contribution >= 4 is 34.2 Å². The Morgan fingerprint density at radius 3 is 2.74 bits per heavy atom. The number of hydrogen-bond donors (Lipinski definition) is 1. The van der Waals surface area contributed by atoms with Gasteiger partial charge < -0.3 is 4.74 Å². The summed E-state index contributed by atoms with van der Waals surface area (Å²) in [5.74, 6) is 0.124. The van der Waals surface area contributed by atoms with Gasteiger partial charge in [0.25, 0.3) is 0 Å². The molecule has 118 valence electrons. The molecule has 0 bridgehead atoms. The first-order chi connectivity index (χ1) is 11.0. The summed E-state index contributed by atoms with van der Waals surface area (Å²) in [6, 6.07) is 9.52. The van der Waals surface area contributed by atoms with Crippen molar-refractivity contribution in [1.29, 1.82) is 0 Å². The highest BCUT2D eigenvalue weighted by Gasteiger charge is 2.17.